The quantitative estimate of drug-likeness (QED) is 0.671. The molecule has 3 fully saturated rings. The Morgan fingerprint density at radius 2 is 0.833 bits per heavy atom. The van der Waals surface area contributed by atoms with Gasteiger partial charge in [0.2, 0.25) is 0 Å². The zero-order valence-corrected chi connectivity index (χ0v) is 19.8. The SMILES string of the molecule is CC1(C)C(O)C(C)(C)C1OC(=O)C1CCC(C(=O)OC2C(C)(C)C(O)C2(C)C)CC1. The van der Waals surface area contributed by atoms with E-state index in [1.807, 2.05) is 55.4 Å². The van der Waals surface area contributed by atoms with Crippen LogP contribution in [0.5, 0.6) is 0 Å². The van der Waals surface area contributed by atoms with Crippen LogP contribution in [-0.2, 0) is 19.1 Å². The van der Waals surface area contributed by atoms with Gasteiger partial charge in [0.25, 0.3) is 0 Å². The Kier molecular flexibility index (Phi) is 5.64. The van der Waals surface area contributed by atoms with Gasteiger partial charge < -0.3 is 19.7 Å². The first-order valence-electron chi connectivity index (χ1n) is 11.3. The third kappa shape index (κ3) is 3.38. The molecule has 30 heavy (non-hydrogen) atoms. The molecule has 3 rings (SSSR count). The fourth-order valence-electron chi connectivity index (χ4n) is 6.81. The average molecular weight is 425 g/mol. The molecule has 0 aromatic carbocycles. The molecule has 6 heteroatoms. The molecule has 0 radical (unpaired) electrons. The lowest BCUT2D eigenvalue weighted by molar-refractivity contribution is -0.263. The summed E-state index contributed by atoms with van der Waals surface area (Å²) in [5.41, 5.74) is -1.81. The minimum Gasteiger partial charge on any atom is -0.461 e. The van der Waals surface area contributed by atoms with Crippen LogP contribution < -0.4 is 0 Å². The molecule has 0 spiro atoms. The van der Waals surface area contributed by atoms with Crippen LogP contribution in [-0.4, -0.2) is 46.6 Å². The molecule has 0 aromatic rings. The molecule has 3 saturated carbocycles. The predicted molar refractivity (Wildman–Crippen MR) is 112 cm³/mol. The molecule has 0 amide bonds. The van der Waals surface area contributed by atoms with Gasteiger partial charge in [-0.1, -0.05) is 55.4 Å². The van der Waals surface area contributed by atoms with E-state index in [9.17, 15) is 19.8 Å². The summed E-state index contributed by atoms with van der Waals surface area (Å²) < 4.78 is 11.7. The molecule has 0 unspecified atom stereocenters. The first kappa shape index (κ1) is 23.5. The highest BCUT2D eigenvalue weighted by Gasteiger charge is 2.65. The molecular formula is C24H40O6. The molecule has 172 valence electrons. The van der Waals surface area contributed by atoms with Crippen molar-refractivity contribution in [1.29, 1.82) is 0 Å². The van der Waals surface area contributed by atoms with Crippen molar-refractivity contribution in [1.82, 2.24) is 0 Å². The molecule has 0 atom stereocenters. The number of hydrogen-bond acceptors (Lipinski definition) is 6. The summed E-state index contributed by atoms with van der Waals surface area (Å²) in [5, 5.41) is 20.6. The van der Waals surface area contributed by atoms with Gasteiger partial charge in [-0.05, 0) is 25.7 Å². The number of aliphatic hydroxyl groups excluding tert-OH is 2. The summed E-state index contributed by atoms with van der Waals surface area (Å²) in [6, 6.07) is 0. The number of hydrogen-bond donors (Lipinski definition) is 2. The van der Waals surface area contributed by atoms with E-state index in [0.717, 1.165) is 0 Å². The molecule has 3 aliphatic rings. The van der Waals surface area contributed by atoms with E-state index >= 15 is 0 Å². The highest BCUT2D eigenvalue weighted by molar-refractivity contribution is 5.75. The lowest BCUT2D eigenvalue weighted by Crippen LogP contribution is -2.68. The van der Waals surface area contributed by atoms with Crippen LogP contribution >= 0.6 is 0 Å². The lowest BCUT2D eigenvalue weighted by Gasteiger charge is -2.60. The van der Waals surface area contributed by atoms with Crippen molar-refractivity contribution in [3.63, 3.8) is 0 Å². The maximum absolute atomic E-state index is 12.8. The monoisotopic (exact) mass is 424 g/mol. The van der Waals surface area contributed by atoms with Gasteiger partial charge in [-0.2, -0.15) is 0 Å². The van der Waals surface area contributed by atoms with Crippen LogP contribution in [0, 0.1) is 33.5 Å². The smallest absolute Gasteiger partial charge is 0.309 e. The zero-order chi connectivity index (χ0) is 22.9. The van der Waals surface area contributed by atoms with Gasteiger partial charge in [0.1, 0.15) is 12.2 Å². The van der Waals surface area contributed by atoms with Gasteiger partial charge in [0.05, 0.1) is 24.0 Å². The minimum atomic E-state index is -0.508. The number of aliphatic hydroxyl groups is 2. The summed E-state index contributed by atoms with van der Waals surface area (Å²) in [5.74, 6) is -0.859. The van der Waals surface area contributed by atoms with E-state index in [1.54, 1.807) is 0 Å². The van der Waals surface area contributed by atoms with E-state index < -0.39 is 33.9 Å². The van der Waals surface area contributed by atoms with Crippen LogP contribution in [0.2, 0.25) is 0 Å². The van der Waals surface area contributed by atoms with Crippen molar-refractivity contribution < 1.29 is 29.3 Å². The van der Waals surface area contributed by atoms with Crippen LogP contribution in [0.4, 0.5) is 0 Å². The lowest BCUT2D eigenvalue weighted by atomic mass is 9.51. The molecule has 0 saturated heterocycles. The van der Waals surface area contributed by atoms with Crippen LogP contribution in [0.25, 0.3) is 0 Å². The minimum absolute atomic E-state index is 0.211. The van der Waals surface area contributed by atoms with Gasteiger partial charge in [-0.3, -0.25) is 9.59 Å². The second-order valence-electron chi connectivity index (χ2n) is 12.3. The fraction of sp³-hybridized carbons (Fsp3) is 0.917. The topological polar surface area (TPSA) is 93.1 Å². The normalized spacial score (nSPS) is 40.5. The Balaban J connectivity index is 1.51. The molecule has 0 aliphatic heterocycles. The number of carbonyl (C=O) groups excluding carboxylic acids is 2. The van der Waals surface area contributed by atoms with E-state index in [0.29, 0.717) is 25.7 Å². The summed E-state index contributed by atoms with van der Waals surface area (Å²) in [6.07, 6.45) is 0.779. The third-order valence-electron chi connectivity index (χ3n) is 8.38. The molecule has 6 nitrogen and oxygen atoms in total. The highest BCUT2D eigenvalue weighted by atomic mass is 16.6. The van der Waals surface area contributed by atoms with E-state index in [4.69, 9.17) is 9.47 Å². The fourth-order valence-corrected chi connectivity index (χ4v) is 6.81. The van der Waals surface area contributed by atoms with Crippen LogP contribution in [0.3, 0.4) is 0 Å². The van der Waals surface area contributed by atoms with Crippen LogP contribution in [0.15, 0.2) is 0 Å². The zero-order valence-electron chi connectivity index (χ0n) is 19.8. The van der Waals surface area contributed by atoms with E-state index in [-0.39, 0.29) is 36.0 Å². The second-order valence-corrected chi connectivity index (χ2v) is 12.3. The molecule has 3 aliphatic carbocycles. The second kappa shape index (κ2) is 7.19. The number of esters is 2. The number of ether oxygens (including phenoxy) is 2. The Morgan fingerprint density at radius 1 is 0.600 bits per heavy atom. The largest absolute Gasteiger partial charge is 0.461 e. The first-order valence-corrected chi connectivity index (χ1v) is 11.3. The van der Waals surface area contributed by atoms with Gasteiger partial charge in [0.15, 0.2) is 0 Å². The first-order chi connectivity index (χ1) is 13.6. The van der Waals surface area contributed by atoms with Crippen molar-refractivity contribution in [2.75, 3.05) is 0 Å². The van der Waals surface area contributed by atoms with Gasteiger partial charge in [-0.25, -0.2) is 0 Å². The Hall–Kier alpha value is -1.14. The summed E-state index contributed by atoms with van der Waals surface area (Å²) in [6.45, 7) is 15.4. The third-order valence-corrected chi connectivity index (χ3v) is 8.38. The predicted octanol–water partition coefficient (Wildman–Crippen LogP) is 3.47. The molecule has 2 N–H and O–H groups in total. The standard InChI is InChI=1S/C24H40O6/c1-21(2)17(27)22(3,4)19(21)29-15(25)13-9-11-14(12-10-13)16(26)30-20-23(5,6)18(28)24(20,7)8/h13-14,17-20,27-28H,9-12H2,1-8H3. The molecular weight excluding hydrogens is 384 g/mol. The van der Waals surface area contributed by atoms with Gasteiger partial charge >= 0.3 is 11.9 Å². The summed E-state index contributed by atoms with van der Waals surface area (Å²) in [4.78, 5) is 25.5. The average Bonchev–Trinajstić information content (AvgIpc) is 2.68. The number of rotatable bonds is 4. The summed E-state index contributed by atoms with van der Waals surface area (Å²) >= 11 is 0. The number of carbonyl (C=O) groups is 2. The maximum Gasteiger partial charge on any atom is 0.309 e. The van der Waals surface area contributed by atoms with Crippen molar-refractivity contribution in [2.45, 2.75) is 105 Å². The van der Waals surface area contributed by atoms with Crippen molar-refractivity contribution in [2.24, 2.45) is 33.5 Å². The van der Waals surface area contributed by atoms with Gasteiger partial charge in [-0.15, -0.1) is 0 Å². The van der Waals surface area contributed by atoms with Crippen molar-refractivity contribution in [3.8, 4) is 0 Å². The Bertz CT molecular complexity index is 606. The molecule has 0 heterocycles. The van der Waals surface area contributed by atoms with Crippen molar-refractivity contribution in [3.05, 3.63) is 0 Å². The van der Waals surface area contributed by atoms with Crippen LogP contribution in [0.1, 0.15) is 81.1 Å². The van der Waals surface area contributed by atoms with E-state index in [1.165, 1.54) is 0 Å². The summed E-state index contributed by atoms with van der Waals surface area (Å²) in [7, 11) is 0. The Labute approximate surface area is 180 Å². The molecule has 0 bridgehead atoms. The van der Waals surface area contributed by atoms with Gasteiger partial charge in [0, 0.05) is 21.7 Å². The molecule has 0 aromatic heterocycles. The highest BCUT2D eigenvalue weighted by Crippen LogP contribution is 2.57. The Morgan fingerprint density at radius 3 is 1.07 bits per heavy atom. The van der Waals surface area contributed by atoms with E-state index in [2.05, 4.69) is 0 Å². The van der Waals surface area contributed by atoms with Crippen molar-refractivity contribution >= 4 is 11.9 Å². The maximum atomic E-state index is 12.8.